The number of aliphatic imine (C=N–C) groups is 1. The molecule has 0 amide bonds. The number of aryl methyl sites for hydroxylation is 1. The number of halogens is 2. The van der Waals surface area contributed by atoms with Crippen LogP contribution in [0.3, 0.4) is 0 Å². The van der Waals surface area contributed by atoms with Crippen molar-refractivity contribution in [2.24, 2.45) is 4.99 Å². The zero-order valence-electron chi connectivity index (χ0n) is 16.3. The summed E-state index contributed by atoms with van der Waals surface area (Å²) in [5, 5.41) is 7.43. The maximum Gasteiger partial charge on any atom is 0.387 e. The Morgan fingerprint density at radius 3 is 2.75 bits per heavy atom. The minimum absolute atomic E-state index is 0.0252. The van der Waals surface area contributed by atoms with Gasteiger partial charge in [0.2, 0.25) is 0 Å². The summed E-state index contributed by atoms with van der Waals surface area (Å²) < 4.78 is 35.7. The number of hydrogen-bond acceptors (Lipinski definition) is 5. The van der Waals surface area contributed by atoms with E-state index in [1.165, 1.54) is 4.88 Å². The summed E-state index contributed by atoms with van der Waals surface area (Å²) in [4.78, 5) is 10.00. The second-order valence-electron chi connectivity index (χ2n) is 5.79. The molecule has 0 atom stereocenters. The molecule has 0 aliphatic rings. The van der Waals surface area contributed by atoms with Crippen molar-refractivity contribution in [3.63, 3.8) is 0 Å². The van der Waals surface area contributed by atoms with Crippen molar-refractivity contribution in [3.05, 3.63) is 39.8 Å². The first kappa shape index (κ1) is 21.9. The number of ether oxygens (including phenoxy) is 2. The van der Waals surface area contributed by atoms with E-state index in [4.69, 9.17) is 4.74 Å². The quantitative estimate of drug-likeness (QED) is 0.460. The second kappa shape index (κ2) is 11.4. The van der Waals surface area contributed by atoms with Crippen LogP contribution >= 0.6 is 11.3 Å². The van der Waals surface area contributed by atoms with Gasteiger partial charge in [-0.25, -0.2) is 9.98 Å². The predicted octanol–water partition coefficient (Wildman–Crippen LogP) is 3.75. The van der Waals surface area contributed by atoms with Gasteiger partial charge >= 0.3 is 6.61 Å². The molecule has 1 aromatic carbocycles. The van der Waals surface area contributed by atoms with Crippen molar-refractivity contribution < 1.29 is 18.3 Å². The SMILES string of the molecule is CCNC(=NCc1cccc(OCC)c1OC(F)F)NCCc1ncc(C)s1. The largest absolute Gasteiger partial charge is 0.490 e. The van der Waals surface area contributed by atoms with Gasteiger partial charge in [0.1, 0.15) is 0 Å². The number of nitrogens with one attached hydrogen (secondary N) is 2. The molecule has 1 heterocycles. The van der Waals surface area contributed by atoms with Crippen molar-refractivity contribution >= 4 is 17.3 Å². The van der Waals surface area contributed by atoms with Crippen molar-refractivity contribution in [2.75, 3.05) is 19.7 Å². The molecule has 2 rings (SSSR count). The van der Waals surface area contributed by atoms with Crippen molar-refractivity contribution in [1.29, 1.82) is 0 Å². The topological polar surface area (TPSA) is 67.8 Å². The van der Waals surface area contributed by atoms with Gasteiger partial charge in [0, 0.05) is 36.1 Å². The summed E-state index contributed by atoms with van der Waals surface area (Å²) in [6, 6.07) is 5.04. The summed E-state index contributed by atoms with van der Waals surface area (Å²) in [6.45, 7) is 4.71. The lowest BCUT2D eigenvalue weighted by atomic mass is 10.2. The first-order valence-corrected chi connectivity index (χ1v) is 9.98. The highest BCUT2D eigenvalue weighted by atomic mass is 32.1. The Labute approximate surface area is 168 Å². The molecule has 0 aliphatic heterocycles. The zero-order valence-corrected chi connectivity index (χ0v) is 17.1. The summed E-state index contributed by atoms with van der Waals surface area (Å²) in [6.07, 6.45) is 2.64. The molecule has 6 nitrogen and oxygen atoms in total. The lowest BCUT2D eigenvalue weighted by Crippen LogP contribution is -2.38. The fourth-order valence-corrected chi connectivity index (χ4v) is 3.28. The molecule has 0 saturated heterocycles. The lowest BCUT2D eigenvalue weighted by Gasteiger charge is -2.15. The first-order chi connectivity index (χ1) is 13.5. The number of guanidine groups is 1. The van der Waals surface area contributed by atoms with Gasteiger partial charge in [-0.2, -0.15) is 8.78 Å². The van der Waals surface area contributed by atoms with Crippen LogP contribution in [-0.2, 0) is 13.0 Å². The zero-order chi connectivity index (χ0) is 20.4. The minimum atomic E-state index is -2.93. The summed E-state index contributed by atoms with van der Waals surface area (Å²) in [5.41, 5.74) is 0.527. The van der Waals surface area contributed by atoms with E-state index in [2.05, 4.69) is 25.3 Å². The van der Waals surface area contributed by atoms with Gasteiger partial charge in [-0.15, -0.1) is 11.3 Å². The number of aromatic nitrogens is 1. The highest BCUT2D eigenvalue weighted by Crippen LogP contribution is 2.33. The van der Waals surface area contributed by atoms with Gasteiger partial charge < -0.3 is 20.1 Å². The third-order valence-corrected chi connectivity index (χ3v) is 4.59. The smallest absolute Gasteiger partial charge is 0.387 e. The van der Waals surface area contributed by atoms with E-state index >= 15 is 0 Å². The average Bonchev–Trinajstić information content (AvgIpc) is 3.06. The Balaban J connectivity index is 2.07. The molecule has 28 heavy (non-hydrogen) atoms. The number of alkyl halides is 2. The van der Waals surface area contributed by atoms with E-state index < -0.39 is 6.61 Å². The van der Waals surface area contributed by atoms with Crippen molar-refractivity contribution in [3.8, 4) is 11.5 Å². The highest BCUT2D eigenvalue weighted by molar-refractivity contribution is 7.11. The Morgan fingerprint density at radius 1 is 1.29 bits per heavy atom. The third kappa shape index (κ3) is 6.95. The van der Waals surface area contributed by atoms with Gasteiger partial charge in [0.15, 0.2) is 17.5 Å². The fourth-order valence-electron chi connectivity index (χ4n) is 2.49. The predicted molar refractivity (Wildman–Crippen MR) is 108 cm³/mol. The lowest BCUT2D eigenvalue weighted by molar-refractivity contribution is -0.0520. The van der Waals surface area contributed by atoms with Crippen molar-refractivity contribution in [2.45, 2.75) is 40.3 Å². The second-order valence-corrected chi connectivity index (χ2v) is 7.11. The van der Waals surface area contributed by atoms with E-state index in [0.29, 0.717) is 31.2 Å². The van der Waals surface area contributed by atoms with E-state index in [9.17, 15) is 8.78 Å². The molecule has 9 heteroatoms. The van der Waals surface area contributed by atoms with E-state index in [1.807, 2.05) is 20.0 Å². The van der Waals surface area contributed by atoms with Crippen LogP contribution in [0.15, 0.2) is 29.4 Å². The molecule has 154 valence electrons. The van der Waals surface area contributed by atoms with E-state index in [-0.39, 0.29) is 18.0 Å². The molecule has 0 unspecified atom stereocenters. The maximum absolute atomic E-state index is 12.8. The Bertz CT molecular complexity index is 768. The molecule has 0 saturated carbocycles. The summed E-state index contributed by atoms with van der Waals surface area (Å²) >= 11 is 1.66. The van der Waals surface area contributed by atoms with Crippen LogP contribution in [0.1, 0.15) is 29.3 Å². The van der Waals surface area contributed by atoms with Crippen molar-refractivity contribution in [1.82, 2.24) is 15.6 Å². The maximum atomic E-state index is 12.8. The molecular weight excluding hydrogens is 386 g/mol. The average molecular weight is 413 g/mol. The van der Waals surface area contributed by atoms with E-state index in [0.717, 1.165) is 11.4 Å². The fraction of sp³-hybridized carbons (Fsp3) is 0.474. The van der Waals surface area contributed by atoms with Crippen LogP contribution in [-0.4, -0.2) is 37.3 Å². The Kier molecular flexibility index (Phi) is 8.93. The van der Waals surface area contributed by atoms with Gasteiger partial charge in [0.05, 0.1) is 18.2 Å². The van der Waals surface area contributed by atoms with Crippen LogP contribution in [0.5, 0.6) is 11.5 Å². The van der Waals surface area contributed by atoms with Gasteiger partial charge in [-0.05, 0) is 26.8 Å². The van der Waals surface area contributed by atoms with Gasteiger partial charge in [-0.1, -0.05) is 12.1 Å². The summed E-state index contributed by atoms with van der Waals surface area (Å²) in [5.74, 6) is 0.908. The standard InChI is InChI=1S/C19H26F2N4O2S/c1-4-22-19(23-10-9-16-24-11-13(3)28-16)25-12-14-7-6-8-15(26-5-2)17(14)27-18(20)21/h6-8,11,18H,4-5,9-10,12H2,1-3H3,(H2,22,23,25). The number of benzene rings is 1. The molecule has 0 aliphatic carbocycles. The van der Waals surface area contributed by atoms with Crippen LogP contribution < -0.4 is 20.1 Å². The summed E-state index contributed by atoms with van der Waals surface area (Å²) in [7, 11) is 0. The Hall–Kier alpha value is -2.42. The third-order valence-electron chi connectivity index (χ3n) is 3.62. The molecule has 2 N–H and O–H groups in total. The van der Waals surface area contributed by atoms with Crippen LogP contribution in [0.2, 0.25) is 0 Å². The van der Waals surface area contributed by atoms with Crippen LogP contribution in [0.25, 0.3) is 0 Å². The molecular formula is C19H26F2N4O2S. The molecule has 0 bridgehead atoms. The normalized spacial score (nSPS) is 11.6. The van der Waals surface area contributed by atoms with E-state index in [1.54, 1.807) is 36.5 Å². The van der Waals surface area contributed by atoms with Crippen LogP contribution in [0, 0.1) is 6.92 Å². The van der Waals surface area contributed by atoms with Gasteiger partial charge in [0.25, 0.3) is 0 Å². The molecule has 0 spiro atoms. The number of rotatable bonds is 10. The number of nitrogens with zero attached hydrogens (tertiary/aromatic N) is 2. The molecule has 2 aromatic rings. The minimum Gasteiger partial charge on any atom is -0.490 e. The number of hydrogen-bond donors (Lipinski definition) is 2. The number of para-hydroxylation sites is 1. The molecule has 0 fully saturated rings. The molecule has 1 aromatic heterocycles. The van der Waals surface area contributed by atoms with Gasteiger partial charge in [-0.3, -0.25) is 0 Å². The van der Waals surface area contributed by atoms with Crippen LogP contribution in [0.4, 0.5) is 8.78 Å². The molecule has 0 radical (unpaired) electrons. The first-order valence-electron chi connectivity index (χ1n) is 9.16. The monoisotopic (exact) mass is 412 g/mol. The number of thiazole rings is 1. The highest BCUT2D eigenvalue weighted by Gasteiger charge is 2.15. The Morgan fingerprint density at radius 2 is 2.11 bits per heavy atom.